The summed E-state index contributed by atoms with van der Waals surface area (Å²) in [5.41, 5.74) is 2.25. The molecule has 0 atom stereocenters. The smallest absolute Gasteiger partial charge is 0.216 e. The molecule has 0 spiro atoms. The number of rotatable bonds is 1. The van der Waals surface area contributed by atoms with Gasteiger partial charge in [0.2, 0.25) is 5.28 Å². The largest absolute Gasteiger partial charge is 0.225 e. The molecule has 2 aromatic heterocycles. The lowest BCUT2D eigenvalue weighted by Crippen LogP contribution is -1.90. The second-order valence-corrected chi connectivity index (χ2v) is 6.13. The van der Waals surface area contributed by atoms with Gasteiger partial charge in [-0.1, -0.05) is 30.4 Å². The Labute approximate surface area is 130 Å². The van der Waals surface area contributed by atoms with Crippen molar-refractivity contribution in [2.45, 2.75) is 6.42 Å². The Morgan fingerprint density at radius 3 is 2.90 bits per heavy atom. The first kappa shape index (κ1) is 12.7. The Morgan fingerprint density at radius 2 is 2.00 bits per heavy atom. The predicted octanol–water partition coefficient (Wildman–Crippen LogP) is 4.84. The van der Waals surface area contributed by atoms with Gasteiger partial charge >= 0.3 is 0 Å². The Bertz CT molecular complexity index is 896. The molecule has 3 aromatic rings. The third kappa shape index (κ3) is 2.26. The lowest BCUT2D eigenvalue weighted by Gasteiger charge is -2.00. The van der Waals surface area contributed by atoms with Gasteiger partial charge < -0.3 is 0 Å². The number of thiophene rings is 1. The van der Waals surface area contributed by atoms with Crippen molar-refractivity contribution >= 4 is 45.2 Å². The fraction of sp³-hybridized carbons (Fsp3) is 0.0625. The summed E-state index contributed by atoms with van der Waals surface area (Å²) in [5.74, 6) is 0.603. The van der Waals surface area contributed by atoms with E-state index in [1.54, 1.807) is 11.3 Å². The number of benzene rings is 1. The molecular formula is C16H10ClN3S. The van der Waals surface area contributed by atoms with Crippen LogP contribution < -0.4 is 0 Å². The molecule has 0 N–H and O–H groups in total. The lowest BCUT2D eigenvalue weighted by molar-refractivity contribution is 1.06. The van der Waals surface area contributed by atoms with Crippen molar-refractivity contribution < 1.29 is 0 Å². The number of aromatic nitrogens is 3. The SMILES string of the molecule is Clc1ncnc(-c2ccc3c4c(sc3c2)C=CCC=C4)n1. The van der Waals surface area contributed by atoms with Gasteiger partial charge in [-0.2, -0.15) is 4.98 Å². The zero-order valence-corrected chi connectivity index (χ0v) is 12.5. The van der Waals surface area contributed by atoms with Gasteiger partial charge in [0, 0.05) is 20.5 Å². The first-order valence-electron chi connectivity index (χ1n) is 6.56. The van der Waals surface area contributed by atoms with Crippen LogP contribution in [-0.2, 0) is 0 Å². The van der Waals surface area contributed by atoms with Crippen molar-refractivity contribution in [3.63, 3.8) is 0 Å². The van der Waals surface area contributed by atoms with Crippen LogP contribution in [0.2, 0.25) is 5.28 Å². The van der Waals surface area contributed by atoms with Gasteiger partial charge in [-0.05, 0) is 35.7 Å². The average Bonchev–Trinajstić information content (AvgIpc) is 2.67. The highest BCUT2D eigenvalue weighted by molar-refractivity contribution is 7.20. The van der Waals surface area contributed by atoms with Crippen molar-refractivity contribution in [2.75, 3.05) is 0 Å². The zero-order chi connectivity index (χ0) is 14.2. The number of fused-ring (bicyclic) bond motifs is 3. The van der Waals surface area contributed by atoms with E-state index in [0.717, 1.165) is 12.0 Å². The topological polar surface area (TPSA) is 38.7 Å². The molecule has 0 unspecified atom stereocenters. The van der Waals surface area contributed by atoms with Gasteiger partial charge in [-0.15, -0.1) is 11.3 Å². The molecule has 4 rings (SSSR count). The molecule has 0 aliphatic heterocycles. The summed E-state index contributed by atoms with van der Waals surface area (Å²) < 4.78 is 1.23. The van der Waals surface area contributed by atoms with Crippen molar-refractivity contribution in [1.82, 2.24) is 15.0 Å². The minimum atomic E-state index is 0.216. The highest BCUT2D eigenvalue weighted by Crippen LogP contribution is 2.36. The fourth-order valence-electron chi connectivity index (χ4n) is 2.43. The lowest BCUT2D eigenvalue weighted by atomic mass is 10.1. The molecule has 1 aromatic carbocycles. The normalized spacial score (nSPS) is 13.4. The molecule has 3 nitrogen and oxygen atoms in total. The Balaban J connectivity index is 1.90. The van der Waals surface area contributed by atoms with Gasteiger partial charge in [0.05, 0.1) is 0 Å². The molecule has 0 saturated carbocycles. The van der Waals surface area contributed by atoms with E-state index in [1.807, 2.05) is 6.07 Å². The molecule has 21 heavy (non-hydrogen) atoms. The molecule has 0 saturated heterocycles. The summed E-state index contributed by atoms with van der Waals surface area (Å²) in [6.07, 6.45) is 11.2. The summed E-state index contributed by atoms with van der Waals surface area (Å²) in [7, 11) is 0. The van der Waals surface area contributed by atoms with Crippen LogP contribution in [0.5, 0.6) is 0 Å². The summed E-state index contributed by atoms with van der Waals surface area (Å²) >= 11 is 7.62. The first-order valence-corrected chi connectivity index (χ1v) is 7.75. The van der Waals surface area contributed by atoms with Crippen LogP contribution in [-0.4, -0.2) is 15.0 Å². The molecular weight excluding hydrogens is 302 g/mol. The monoisotopic (exact) mass is 311 g/mol. The molecule has 1 aliphatic carbocycles. The van der Waals surface area contributed by atoms with E-state index in [-0.39, 0.29) is 5.28 Å². The van der Waals surface area contributed by atoms with Crippen molar-refractivity contribution in [3.05, 3.63) is 52.4 Å². The van der Waals surface area contributed by atoms with Crippen LogP contribution >= 0.6 is 22.9 Å². The average molecular weight is 312 g/mol. The Hall–Kier alpha value is -2.04. The highest BCUT2D eigenvalue weighted by atomic mass is 35.5. The molecule has 1 aliphatic rings. The number of hydrogen-bond donors (Lipinski definition) is 0. The Morgan fingerprint density at radius 1 is 1.10 bits per heavy atom. The van der Waals surface area contributed by atoms with E-state index >= 15 is 0 Å². The second-order valence-electron chi connectivity index (χ2n) is 4.71. The van der Waals surface area contributed by atoms with Gasteiger partial charge in [-0.25, -0.2) is 9.97 Å². The molecule has 2 heterocycles. The summed E-state index contributed by atoms with van der Waals surface area (Å²) in [6, 6.07) is 6.27. The maximum atomic E-state index is 5.84. The van der Waals surface area contributed by atoms with Crippen LogP contribution in [0.15, 0.2) is 36.7 Å². The van der Waals surface area contributed by atoms with Crippen LogP contribution in [0.1, 0.15) is 16.9 Å². The second kappa shape index (κ2) is 5.06. The summed E-state index contributed by atoms with van der Waals surface area (Å²) in [4.78, 5) is 13.5. The maximum absolute atomic E-state index is 5.84. The minimum Gasteiger partial charge on any atom is -0.216 e. The van der Waals surface area contributed by atoms with E-state index in [4.69, 9.17) is 11.6 Å². The number of nitrogens with zero attached hydrogens (tertiary/aromatic N) is 3. The minimum absolute atomic E-state index is 0.216. The molecule has 0 amide bonds. The van der Waals surface area contributed by atoms with Crippen LogP contribution in [0, 0.1) is 0 Å². The molecule has 0 radical (unpaired) electrons. The molecule has 5 heteroatoms. The van der Waals surface area contributed by atoms with Gasteiger partial charge in [0.15, 0.2) is 5.82 Å². The number of halogens is 1. The fourth-order valence-corrected chi connectivity index (χ4v) is 3.71. The van der Waals surface area contributed by atoms with Gasteiger partial charge in [0.1, 0.15) is 6.33 Å². The van der Waals surface area contributed by atoms with Crippen molar-refractivity contribution in [1.29, 1.82) is 0 Å². The van der Waals surface area contributed by atoms with Crippen molar-refractivity contribution in [2.24, 2.45) is 0 Å². The maximum Gasteiger partial charge on any atom is 0.225 e. The predicted molar refractivity (Wildman–Crippen MR) is 88.3 cm³/mol. The Kier molecular flexibility index (Phi) is 3.05. The van der Waals surface area contributed by atoms with Crippen LogP contribution in [0.4, 0.5) is 0 Å². The summed E-state index contributed by atoms with van der Waals surface area (Å²) in [5, 5.41) is 1.48. The van der Waals surface area contributed by atoms with E-state index in [1.165, 1.54) is 26.9 Å². The number of allylic oxidation sites excluding steroid dienone is 2. The highest BCUT2D eigenvalue weighted by Gasteiger charge is 2.11. The van der Waals surface area contributed by atoms with Crippen LogP contribution in [0.3, 0.4) is 0 Å². The van der Waals surface area contributed by atoms with Gasteiger partial charge in [-0.3, -0.25) is 0 Å². The van der Waals surface area contributed by atoms with Gasteiger partial charge in [0.25, 0.3) is 0 Å². The molecule has 0 bridgehead atoms. The third-order valence-electron chi connectivity index (χ3n) is 3.38. The number of hydrogen-bond acceptors (Lipinski definition) is 4. The van der Waals surface area contributed by atoms with Crippen LogP contribution in [0.25, 0.3) is 33.6 Å². The standard InChI is InChI=1S/C16H10ClN3S/c17-16-19-9-18-15(20-16)10-6-7-12-11-4-2-1-3-5-13(11)21-14(12)8-10/h2-9H,1H2. The van der Waals surface area contributed by atoms with Crippen molar-refractivity contribution in [3.8, 4) is 11.4 Å². The van der Waals surface area contributed by atoms with E-state index in [0.29, 0.717) is 5.82 Å². The summed E-state index contributed by atoms with van der Waals surface area (Å²) in [6.45, 7) is 0. The molecule has 0 fully saturated rings. The van der Waals surface area contributed by atoms with E-state index in [9.17, 15) is 0 Å². The zero-order valence-electron chi connectivity index (χ0n) is 11.0. The van der Waals surface area contributed by atoms with E-state index in [2.05, 4.69) is 51.4 Å². The first-order chi connectivity index (χ1) is 10.3. The molecule has 102 valence electrons. The van der Waals surface area contributed by atoms with E-state index < -0.39 is 0 Å². The quantitative estimate of drug-likeness (QED) is 0.645. The third-order valence-corrected chi connectivity index (χ3v) is 4.70.